The summed E-state index contributed by atoms with van der Waals surface area (Å²) in [5.74, 6) is 0.707. The number of carbonyl (C=O) groups is 2. The van der Waals surface area contributed by atoms with Crippen LogP contribution in [0.2, 0.25) is 0 Å². The second kappa shape index (κ2) is 7.37. The number of rotatable bonds is 4. The summed E-state index contributed by atoms with van der Waals surface area (Å²) in [5, 5.41) is 3.16. The van der Waals surface area contributed by atoms with E-state index in [2.05, 4.69) is 17.4 Å². The van der Waals surface area contributed by atoms with E-state index in [9.17, 15) is 9.59 Å². The second-order valence-electron chi connectivity index (χ2n) is 7.40. The minimum atomic E-state index is -0.157. The molecule has 2 aliphatic rings. The lowest BCUT2D eigenvalue weighted by molar-refractivity contribution is -0.141. The van der Waals surface area contributed by atoms with Crippen LogP contribution < -0.4 is 5.32 Å². The normalized spacial score (nSPS) is 25.1. The maximum Gasteiger partial charge on any atom is 0.225 e. The maximum absolute atomic E-state index is 12.8. The molecule has 2 atom stereocenters. The lowest BCUT2D eigenvalue weighted by Gasteiger charge is -2.38. The Morgan fingerprint density at radius 1 is 1.17 bits per heavy atom. The molecule has 1 aromatic rings. The summed E-state index contributed by atoms with van der Waals surface area (Å²) in [6.07, 6.45) is 6.12. The number of likely N-dealkylation sites (tertiary alicyclic amines) is 1. The highest BCUT2D eigenvalue weighted by Gasteiger charge is 2.38. The van der Waals surface area contributed by atoms with Gasteiger partial charge in [0, 0.05) is 20.0 Å². The first-order valence-electron chi connectivity index (χ1n) is 9.16. The largest absolute Gasteiger partial charge is 0.356 e. The minimum absolute atomic E-state index is 0.104. The SMILES string of the molecule is Cc1ccc([C@H]2[C@@H](C(=O)NCC3CCCC3)CCC(=O)N2C)cc1. The van der Waals surface area contributed by atoms with Crippen LogP contribution in [0, 0.1) is 18.8 Å². The molecular weight excluding hydrogens is 300 g/mol. The van der Waals surface area contributed by atoms with Crippen molar-refractivity contribution < 1.29 is 9.59 Å². The fourth-order valence-electron chi connectivity index (χ4n) is 4.12. The molecule has 1 saturated heterocycles. The van der Waals surface area contributed by atoms with Gasteiger partial charge in [-0.3, -0.25) is 9.59 Å². The van der Waals surface area contributed by atoms with Crippen molar-refractivity contribution in [2.24, 2.45) is 11.8 Å². The van der Waals surface area contributed by atoms with Crippen LogP contribution in [0.1, 0.15) is 55.7 Å². The molecule has 3 rings (SSSR count). The van der Waals surface area contributed by atoms with E-state index in [-0.39, 0.29) is 23.8 Å². The van der Waals surface area contributed by atoms with Crippen molar-refractivity contribution in [3.05, 3.63) is 35.4 Å². The molecule has 4 nitrogen and oxygen atoms in total. The number of piperidine rings is 1. The number of amides is 2. The highest BCUT2D eigenvalue weighted by Crippen LogP contribution is 2.36. The molecule has 0 aromatic heterocycles. The topological polar surface area (TPSA) is 49.4 Å². The van der Waals surface area contributed by atoms with E-state index in [4.69, 9.17) is 0 Å². The highest BCUT2D eigenvalue weighted by molar-refractivity contribution is 5.84. The zero-order chi connectivity index (χ0) is 17.1. The number of carbonyl (C=O) groups excluding carboxylic acids is 2. The summed E-state index contributed by atoms with van der Waals surface area (Å²) < 4.78 is 0. The molecule has 1 heterocycles. The third kappa shape index (κ3) is 3.63. The van der Waals surface area contributed by atoms with E-state index in [0.717, 1.165) is 12.1 Å². The predicted octanol–water partition coefficient (Wildman–Crippen LogP) is 3.21. The Labute approximate surface area is 144 Å². The Morgan fingerprint density at radius 3 is 2.50 bits per heavy atom. The Morgan fingerprint density at radius 2 is 1.83 bits per heavy atom. The Bertz CT molecular complexity index is 590. The van der Waals surface area contributed by atoms with Crippen LogP contribution in [0.3, 0.4) is 0 Å². The quantitative estimate of drug-likeness (QED) is 0.922. The van der Waals surface area contributed by atoms with E-state index >= 15 is 0 Å². The predicted molar refractivity (Wildman–Crippen MR) is 94.4 cm³/mol. The van der Waals surface area contributed by atoms with Gasteiger partial charge in [-0.25, -0.2) is 0 Å². The smallest absolute Gasteiger partial charge is 0.225 e. The number of hydrogen-bond donors (Lipinski definition) is 1. The van der Waals surface area contributed by atoms with E-state index in [1.54, 1.807) is 4.90 Å². The average Bonchev–Trinajstić information content (AvgIpc) is 3.09. The molecule has 0 unspecified atom stereocenters. The van der Waals surface area contributed by atoms with Gasteiger partial charge in [0.15, 0.2) is 0 Å². The number of nitrogens with one attached hydrogen (secondary N) is 1. The molecule has 2 amide bonds. The number of aryl methyl sites for hydroxylation is 1. The van der Waals surface area contributed by atoms with Gasteiger partial charge in [0.05, 0.1) is 12.0 Å². The Hall–Kier alpha value is -1.84. The van der Waals surface area contributed by atoms with Crippen LogP contribution in [0.15, 0.2) is 24.3 Å². The van der Waals surface area contributed by atoms with Crippen molar-refractivity contribution in [1.82, 2.24) is 10.2 Å². The van der Waals surface area contributed by atoms with Crippen LogP contribution in [-0.2, 0) is 9.59 Å². The van der Waals surface area contributed by atoms with E-state index < -0.39 is 0 Å². The molecule has 1 N–H and O–H groups in total. The molecule has 24 heavy (non-hydrogen) atoms. The van der Waals surface area contributed by atoms with Gasteiger partial charge in [-0.2, -0.15) is 0 Å². The second-order valence-corrected chi connectivity index (χ2v) is 7.40. The molecular formula is C20H28N2O2. The van der Waals surface area contributed by atoms with Gasteiger partial charge in [0.2, 0.25) is 11.8 Å². The summed E-state index contributed by atoms with van der Waals surface area (Å²) in [7, 11) is 1.82. The first kappa shape index (κ1) is 17.0. The highest BCUT2D eigenvalue weighted by atomic mass is 16.2. The standard InChI is InChI=1S/C20H28N2O2/c1-14-7-9-16(10-8-14)19-17(11-12-18(23)22(19)2)20(24)21-13-15-5-3-4-6-15/h7-10,15,17,19H,3-6,11-13H2,1-2H3,(H,21,24)/t17-,19-/m0/s1. The molecule has 0 bridgehead atoms. The third-order valence-electron chi connectivity index (χ3n) is 5.66. The van der Waals surface area contributed by atoms with Crippen molar-refractivity contribution in [3.63, 3.8) is 0 Å². The first-order valence-corrected chi connectivity index (χ1v) is 9.16. The monoisotopic (exact) mass is 328 g/mol. The Balaban J connectivity index is 1.74. The van der Waals surface area contributed by atoms with Gasteiger partial charge in [0.25, 0.3) is 0 Å². The van der Waals surface area contributed by atoms with E-state index in [1.165, 1.54) is 31.2 Å². The summed E-state index contributed by atoms with van der Waals surface area (Å²) >= 11 is 0. The molecule has 1 aliphatic heterocycles. The van der Waals surface area contributed by atoms with Gasteiger partial charge < -0.3 is 10.2 Å². The molecule has 4 heteroatoms. The minimum Gasteiger partial charge on any atom is -0.356 e. The van der Waals surface area contributed by atoms with Crippen molar-refractivity contribution >= 4 is 11.8 Å². The molecule has 0 spiro atoms. The first-order chi connectivity index (χ1) is 11.6. The summed E-state index contributed by atoms with van der Waals surface area (Å²) in [6.45, 7) is 2.83. The van der Waals surface area contributed by atoms with Gasteiger partial charge in [0.1, 0.15) is 0 Å². The van der Waals surface area contributed by atoms with Crippen LogP contribution in [0.4, 0.5) is 0 Å². The number of benzene rings is 1. The average molecular weight is 328 g/mol. The third-order valence-corrected chi connectivity index (χ3v) is 5.66. The van der Waals surface area contributed by atoms with Gasteiger partial charge in [-0.1, -0.05) is 42.7 Å². The van der Waals surface area contributed by atoms with Crippen molar-refractivity contribution in [3.8, 4) is 0 Å². The lowest BCUT2D eigenvalue weighted by Crippen LogP contribution is -2.47. The van der Waals surface area contributed by atoms with Crippen LogP contribution in [0.5, 0.6) is 0 Å². The molecule has 1 aliphatic carbocycles. The number of hydrogen-bond acceptors (Lipinski definition) is 2. The fraction of sp³-hybridized carbons (Fsp3) is 0.600. The zero-order valence-electron chi connectivity index (χ0n) is 14.8. The van der Waals surface area contributed by atoms with E-state index in [0.29, 0.717) is 18.8 Å². The molecule has 2 fully saturated rings. The molecule has 1 aromatic carbocycles. The Kier molecular flexibility index (Phi) is 5.22. The van der Waals surface area contributed by atoms with Crippen LogP contribution in [-0.4, -0.2) is 30.3 Å². The van der Waals surface area contributed by atoms with Crippen molar-refractivity contribution in [2.45, 2.75) is 51.5 Å². The van der Waals surface area contributed by atoms with E-state index in [1.807, 2.05) is 26.1 Å². The summed E-state index contributed by atoms with van der Waals surface area (Å²) in [5.41, 5.74) is 2.24. The lowest BCUT2D eigenvalue weighted by atomic mass is 9.83. The zero-order valence-corrected chi connectivity index (χ0v) is 14.8. The van der Waals surface area contributed by atoms with Gasteiger partial charge in [-0.05, 0) is 37.7 Å². The van der Waals surface area contributed by atoms with Crippen LogP contribution in [0.25, 0.3) is 0 Å². The van der Waals surface area contributed by atoms with Gasteiger partial charge in [-0.15, -0.1) is 0 Å². The molecule has 130 valence electrons. The molecule has 1 saturated carbocycles. The van der Waals surface area contributed by atoms with Crippen molar-refractivity contribution in [1.29, 1.82) is 0 Å². The maximum atomic E-state index is 12.8. The summed E-state index contributed by atoms with van der Waals surface area (Å²) in [6, 6.07) is 8.04. The van der Waals surface area contributed by atoms with Gasteiger partial charge >= 0.3 is 0 Å². The summed E-state index contributed by atoms with van der Waals surface area (Å²) in [4.78, 5) is 26.7. The number of nitrogens with zero attached hydrogens (tertiary/aromatic N) is 1. The molecule has 0 radical (unpaired) electrons. The van der Waals surface area contributed by atoms with Crippen LogP contribution >= 0.6 is 0 Å². The fourth-order valence-corrected chi connectivity index (χ4v) is 4.12. The van der Waals surface area contributed by atoms with Crippen molar-refractivity contribution in [2.75, 3.05) is 13.6 Å².